The Bertz CT molecular complexity index is 950. The molecule has 3 amide bonds. The number of rotatable bonds is 7. The molecule has 1 aromatic carbocycles. The second kappa shape index (κ2) is 10.5. The van der Waals surface area contributed by atoms with E-state index in [0.29, 0.717) is 43.3 Å². The van der Waals surface area contributed by atoms with E-state index in [0.717, 1.165) is 16.8 Å². The maximum absolute atomic E-state index is 12.6. The lowest BCUT2D eigenvalue weighted by atomic mass is 9.96. The third-order valence-corrected chi connectivity index (χ3v) is 6.19. The van der Waals surface area contributed by atoms with Gasteiger partial charge in [-0.1, -0.05) is 17.7 Å². The molecule has 1 fully saturated rings. The number of aromatic nitrogens is 1. The van der Waals surface area contributed by atoms with Gasteiger partial charge < -0.3 is 16.0 Å². The summed E-state index contributed by atoms with van der Waals surface area (Å²) in [5, 5.41) is 10.7. The smallest absolute Gasteiger partial charge is 0.238 e. The number of nitrogens with one attached hydrogen (secondary N) is 3. The summed E-state index contributed by atoms with van der Waals surface area (Å²) in [6.07, 6.45) is 1.59. The summed E-state index contributed by atoms with van der Waals surface area (Å²) in [6.45, 7) is 5.71. The summed E-state index contributed by atoms with van der Waals surface area (Å²) in [7, 11) is 1.58. The Morgan fingerprint density at radius 1 is 1.13 bits per heavy atom. The van der Waals surface area contributed by atoms with Crippen LogP contribution in [0.25, 0.3) is 0 Å². The average Bonchev–Trinajstić information content (AvgIpc) is 3.17. The van der Waals surface area contributed by atoms with Crippen LogP contribution in [0, 0.1) is 19.8 Å². The maximum Gasteiger partial charge on any atom is 0.238 e. The lowest BCUT2D eigenvalue weighted by Gasteiger charge is -2.30. The fourth-order valence-corrected chi connectivity index (χ4v) is 4.32. The van der Waals surface area contributed by atoms with Crippen molar-refractivity contribution in [1.29, 1.82) is 0 Å². The van der Waals surface area contributed by atoms with Crippen molar-refractivity contribution in [2.45, 2.75) is 33.1 Å². The number of piperidine rings is 1. The molecule has 0 atom stereocenters. The zero-order chi connectivity index (χ0) is 22.4. The number of hydrogen-bond acceptors (Lipinski definition) is 6. The van der Waals surface area contributed by atoms with E-state index in [4.69, 9.17) is 0 Å². The van der Waals surface area contributed by atoms with Crippen LogP contribution in [-0.4, -0.2) is 54.3 Å². The fraction of sp³-hybridized carbons (Fsp3) is 0.455. The van der Waals surface area contributed by atoms with E-state index in [1.807, 2.05) is 32.0 Å². The van der Waals surface area contributed by atoms with Gasteiger partial charge >= 0.3 is 0 Å². The molecule has 166 valence electrons. The monoisotopic (exact) mass is 443 g/mol. The predicted molar refractivity (Wildman–Crippen MR) is 122 cm³/mol. The van der Waals surface area contributed by atoms with Crippen molar-refractivity contribution < 1.29 is 14.4 Å². The molecule has 1 saturated heterocycles. The molecule has 2 heterocycles. The van der Waals surface area contributed by atoms with Gasteiger partial charge in [0, 0.05) is 24.0 Å². The number of thiazole rings is 1. The van der Waals surface area contributed by atoms with Crippen LogP contribution in [0.2, 0.25) is 0 Å². The molecule has 1 aliphatic heterocycles. The molecule has 0 bridgehead atoms. The first-order valence-electron chi connectivity index (χ1n) is 10.4. The highest BCUT2D eigenvalue weighted by Gasteiger charge is 2.26. The van der Waals surface area contributed by atoms with E-state index in [1.165, 1.54) is 11.3 Å². The van der Waals surface area contributed by atoms with Crippen LogP contribution < -0.4 is 16.0 Å². The first-order chi connectivity index (χ1) is 14.8. The third-order valence-electron chi connectivity index (χ3n) is 5.38. The molecule has 3 rings (SSSR count). The van der Waals surface area contributed by atoms with Gasteiger partial charge in [-0.15, -0.1) is 11.3 Å². The molecule has 0 spiro atoms. The second-order valence-electron chi connectivity index (χ2n) is 7.90. The van der Waals surface area contributed by atoms with Gasteiger partial charge in [0.15, 0.2) is 5.13 Å². The van der Waals surface area contributed by atoms with Gasteiger partial charge in [0.1, 0.15) is 0 Å². The Labute approximate surface area is 186 Å². The summed E-state index contributed by atoms with van der Waals surface area (Å²) >= 11 is 1.32. The van der Waals surface area contributed by atoms with Crippen molar-refractivity contribution in [2.75, 3.05) is 37.3 Å². The van der Waals surface area contributed by atoms with Crippen molar-refractivity contribution in [1.82, 2.24) is 15.2 Å². The highest BCUT2D eigenvalue weighted by molar-refractivity contribution is 7.13. The summed E-state index contributed by atoms with van der Waals surface area (Å²) in [6, 6.07) is 5.96. The van der Waals surface area contributed by atoms with Gasteiger partial charge in [-0.3, -0.25) is 19.3 Å². The van der Waals surface area contributed by atoms with E-state index in [9.17, 15) is 14.4 Å². The van der Waals surface area contributed by atoms with Crippen molar-refractivity contribution in [3.05, 3.63) is 40.4 Å². The molecule has 1 aliphatic rings. The predicted octanol–water partition coefficient (Wildman–Crippen LogP) is 2.34. The molecule has 8 nitrogen and oxygen atoms in total. The van der Waals surface area contributed by atoms with Gasteiger partial charge in [0.25, 0.3) is 0 Å². The number of hydrogen-bond donors (Lipinski definition) is 3. The highest BCUT2D eigenvalue weighted by atomic mass is 32.1. The Balaban J connectivity index is 1.43. The summed E-state index contributed by atoms with van der Waals surface area (Å²) < 4.78 is 0. The van der Waals surface area contributed by atoms with Crippen LogP contribution in [0.1, 0.15) is 29.7 Å². The van der Waals surface area contributed by atoms with Crippen LogP contribution in [-0.2, 0) is 20.8 Å². The normalized spacial score (nSPS) is 14.8. The van der Waals surface area contributed by atoms with Gasteiger partial charge in [-0.2, -0.15) is 0 Å². The van der Waals surface area contributed by atoms with Crippen molar-refractivity contribution >= 4 is 39.9 Å². The lowest BCUT2D eigenvalue weighted by Crippen LogP contribution is -2.41. The van der Waals surface area contributed by atoms with Gasteiger partial charge in [-0.05, 0) is 51.4 Å². The second-order valence-corrected chi connectivity index (χ2v) is 8.76. The topological polar surface area (TPSA) is 103 Å². The summed E-state index contributed by atoms with van der Waals surface area (Å²) in [5.41, 5.74) is 3.69. The third kappa shape index (κ3) is 6.60. The first kappa shape index (κ1) is 22.9. The molecule has 31 heavy (non-hydrogen) atoms. The number of likely N-dealkylation sites (N-methyl/N-ethyl adjacent to an activating group) is 1. The maximum atomic E-state index is 12.6. The van der Waals surface area contributed by atoms with Gasteiger partial charge in [-0.25, -0.2) is 4.98 Å². The molecule has 2 aromatic rings. The highest BCUT2D eigenvalue weighted by Crippen LogP contribution is 2.22. The van der Waals surface area contributed by atoms with Crippen molar-refractivity contribution in [3.8, 4) is 0 Å². The van der Waals surface area contributed by atoms with Crippen LogP contribution in [0.5, 0.6) is 0 Å². The minimum Gasteiger partial charge on any atom is -0.359 e. The number of likely N-dealkylation sites (tertiary alicyclic amines) is 1. The molecule has 0 saturated carbocycles. The zero-order valence-electron chi connectivity index (χ0n) is 18.2. The van der Waals surface area contributed by atoms with Crippen molar-refractivity contribution in [3.63, 3.8) is 0 Å². The Morgan fingerprint density at radius 3 is 2.55 bits per heavy atom. The Kier molecular flexibility index (Phi) is 7.75. The molecule has 3 N–H and O–H groups in total. The fourth-order valence-electron chi connectivity index (χ4n) is 3.61. The minimum absolute atomic E-state index is 0.0405. The molecule has 0 unspecified atom stereocenters. The first-order valence-corrected chi connectivity index (χ1v) is 11.3. The number of aryl methyl sites for hydroxylation is 2. The minimum atomic E-state index is -0.114. The van der Waals surface area contributed by atoms with E-state index < -0.39 is 0 Å². The number of amides is 3. The standard InChI is InChI=1S/C22H29N5O3S/c1-14-4-5-18(15(2)10-14)25-20(29)12-27-8-6-16(7-9-27)21(30)26-22-24-17(13-31-22)11-19(28)23-3/h4-5,10,13,16H,6-9,11-12H2,1-3H3,(H,23,28)(H,25,29)(H,24,26,30). The van der Waals surface area contributed by atoms with E-state index >= 15 is 0 Å². The van der Waals surface area contributed by atoms with Crippen molar-refractivity contribution in [2.24, 2.45) is 5.92 Å². The van der Waals surface area contributed by atoms with E-state index in [1.54, 1.807) is 12.4 Å². The van der Waals surface area contributed by atoms with Crippen LogP contribution in [0.15, 0.2) is 23.6 Å². The molecule has 9 heteroatoms. The number of carbonyl (C=O) groups excluding carboxylic acids is 3. The molecule has 1 aromatic heterocycles. The van der Waals surface area contributed by atoms with Crippen LogP contribution in [0.4, 0.5) is 10.8 Å². The molecule has 0 aliphatic carbocycles. The van der Waals surface area contributed by atoms with E-state index in [2.05, 4.69) is 25.8 Å². The quantitative estimate of drug-likeness (QED) is 0.609. The number of nitrogens with zero attached hydrogens (tertiary/aromatic N) is 2. The summed E-state index contributed by atoms with van der Waals surface area (Å²) in [4.78, 5) is 42.8. The number of benzene rings is 1. The molecular weight excluding hydrogens is 414 g/mol. The van der Waals surface area contributed by atoms with Crippen LogP contribution in [0.3, 0.4) is 0 Å². The Hall–Kier alpha value is -2.78. The zero-order valence-corrected chi connectivity index (χ0v) is 19.0. The Morgan fingerprint density at radius 2 is 1.87 bits per heavy atom. The molecular formula is C22H29N5O3S. The number of carbonyl (C=O) groups is 3. The van der Waals surface area contributed by atoms with Crippen LogP contribution >= 0.6 is 11.3 Å². The largest absolute Gasteiger partial charge is 0.359 e. The van der Waals surface area contributed by atoms with Gasteiger partial charge in [0.05, 0.1) is 18.7 Å². The average molecular weight is 444 g/mol. The summed E-state index contributed by atoms with van der Waals surface area (Å²) in [5.74, 6) is -0.316. The molecule has 0 radical (unpaired) electrons. The van der Waals surface area contributed by atoms with E-state index in [-0.39, 0.29) is 30.1 Å². The lowest BCUT2D eigenvalue weighted by molar-refractivity contribution is -0.122. The van der Waals surface area contributed by atoms with Gasteiger partial charge in [0.2, 0.25) is 17.7 Å². The SMILES string of the molecule is CNC(=O)Cc1csc(NC(=O)C2CCN(CC(=O)Nc3ccc(C)cc3C)CC2)n1. The number of anilines is 2.